The van der Waals surface area contributed by atoms with E-state index in [2.05, 4.69) is 21.2 Å². The topological polar surface area (TPSA) is 66.4 Å². The van der Waals surface area contributed by atoms with Crippen LogP contribution in [0.4, 0.5) is 0 Å². The molecule has 2 N–H and O–H groups in total. The zero-order valence-electron chi connectivity index (χ0n) is 8.95. The van der Waals surface area contributed by atoms with Gasteiger partial charge < -0.3 is 10.4 Å². The molecule has 0 aliphatic rings. The minimum absolute atomic E-state index is 0.401. The third-order valence-electron chi connectivity index (χ3n) is 2.09. The molecule has 0 heterocycles. The number of rotatable bonds is 3. The van der Waals surface area contributed by atoms with Crippen LogP contribution in [0.15, 0.2) is 22.7 Å². The van der Waals surface area contributed by atoms with Crippen molar-refractivity contribution in [1.29, 1.82) is 0 Å². The zero-order chi connectivity index (χ0) is 12.3. The fraction of sp³-hybridized carbons (Fsp3) is 0.273. The molecule has 1 atom stereocenters. The van der Waals surface area contributed by atoms with Gasteiger partial charge in [-0.15, -0.1) is 0 Å². The Kier molecular flexibility index (Phi) is 4.06. The number of hydrogen-bond donors (Lipinski definition) is 2. The van der Waals surface area contributed by atoms with E-state index in [0.717, 1.165) is 5.56 Å². The van der Waals surface area contributed by atoms with Gasteiger partial charge in [0.15, 0.2) is 0 Å². The molecule has 1 amide bonds. The maximum absolute atomic E-state index is 11.7. The number of hydrogen-bond acceptors (Lipinski definition) is 2. The van der Waals surface area contributed by atoms with Crippen molar-refractivity contribution in [3.05, 3.63) is 33.8 Å². The smallest absolute Gasteiger partial charge is 0.325 e. The first kappa shape index (κ1) is 12.7. The van der Waals surface area contributed by atoms with Gasteiger partial charge in [-0.1, -0.05) is 6.07 Å². The summed E-state index contributed by atoms with van der Waals surface area (Å²) in [6.45, 7) is 3.33. The second-order valence-corrected chi connectivity index (χ2v) is 4.37. The monoisotopic (exact) mass is 285 g/mol. The minimum Gasteiger partial charge on any atom is -0.480 e. The number of carboxylic acids is 1. The van der Waals surface area contributed by atoms with E-state index in [1.807, 2.05) is 6.92 Å². The van der Waals surface area contributed by atoms with Crippen molar-refractivity contribution >= 4 is 27.8 Å². The van der Waals surface area contributed by atoms with Crippen LogP contribution < -0.4 is 5.32 Å². The molecule has 0 saturated carbocycles. The average Bonchev–Trinajstić information content (AvgIpc) is 2.16. The number of amides is 1. The van der Waals surface area contributed by atoms with Crippen LogP contribution in [-0.4, -0.2) is 23.0 Å². The van der Waals surface area contributed by atoms with Crippen LogP contribution in [0.1, 0.15) is 22.8 Å². The van der Waals surface area contributed by atoms with Crippen LogP contribution in [0.5, 0.6) is 0 Å². The molecule has 5 heteroatoms. The number of carboxylic acid groups (broad SMARTS) is 1. The normalized spacial score (nSPS) is 11.9. The fourth-order valence-corrected chi connectivity index (χ4v) is 1.81. The van der Waals surface area contributed by atoms with Crippen LogP contribution >= 0.6 is 15.9 Å². The van der Waals surface area contributed by atoms with Crippen molar-refractivity contribution in [2.75, 3.05) is 0 Å². The van der Waals surface area contributed by atoms with E-state index in [0.29, 0.717) is 10.0 Å². The lowest BCUT2D eigenvalue weighted by Crippen LogP contribution is -2.38. The zero-order valence-corrected chi connectivity index (χ0v) is 10.5. The molecule has 1 aromatic rings. The van der Waals surface area contributed by atoms with Gasteiger partial charge in [-0.3, -0.25) is 9.59 Å². The van der Waals surface area contributed by atoms with E-state index in [9.17, 15) is 9.59 Å². The molecule has 0 aliphatic heterocycles. The number of halogens is 1. The molecule has 0 unspecified atom stereocenters. The fourth-order valence-electron chi connectivity index (χ4n) is 1.14. The molecule has 0 fully saturated rings. The summed E-state index contributed by atoms with van der Waals surface area (Å²) in [7, 11) is 0. The Morgan fingerprint density at radius 2 is 2.06 bits per heavy atom. The molecule has 0 bridgehead atoms. The van der Waals surface area contributed by atoms with Gasteiger partial charge >= 0.3 is 5.97 Å². The molecule has 1 rings (SSSR count). The summed E-state index contributed by atoms with van der Waals surface area (Å²) < 4.78 is 0.655. The average molecular weight is 286 g/mol. The van der Waals surface area contributed by atoms with E-state index in [4.69, 9.17) is 5.11 Å². The van der Waals surface area contributed by atoms with E-state index in [1.165, 1.54) is 6.92 Å². The van der Waals surface area contributed by atoms with Gasteiger partial charge in [0, 0.05) is 4.47 Å². The van der Waals surface area contributed by atoms with Crippen molar-refractivity contribution in [1.82, 2.24) is 5.32 Å². The Morgan fingerprint density at radius 1 is 1.44 bits per heavy atom. The molecular weight excluding hydrogens is 274 g/mol. The molecule has 0 spiro atoms. The van der Waals surface area contributed by atoms with Crippen molar-refractivity contribution in [3.63, 3.8) is 0 Å². The molecule has 0 aliphatic carbocycles. The number of aliphatic carboxylic acids is 1. The quantitative estimate of drug-likeness (QED) is 0.892. The van der Waals surface area contributed by atoms with Crippen molar-refractivity contribution in [3.8, 4) is 0 Å². The van der Waals surface area contributed by atoms with Crippen LogP contribution in [0, 0.1) is 6.92 Å². The maximum Gasteiger partial charge on any atom is 0.325 e. The van der Waals surface area contributed by atoms with Gasteiger partial charge in [0.05, 0.1) is 5.56 Å². The Hall–Kier alpha value is -1.36. The standard InChI is InChI=1S/C11H12BrNO3/c1-6-3-4-8(9(12)5-6)10(14)13-7(2)11(15)16/h3-5,7H,1-2H3,(H,13,14)(H,15,16)/t7-/m0/s1. The summed E-state index contributed by atoms with van der Waals surface area (Å²) in [4.78, 5) is 22.3. The van der Waals surface area contributed by atoms with Crippen LogP contribution in [0.25, 0.3) is 0 Å². The van der Waals surface area contributed by atoms with Crippen molar-refractivity contribution in [2.24, 2.45) is 0 Å². The molecular formula is C11H12BrNO3. The highest BCUT2D eigenvalue weighted by atomic mass is 79.9. The lowest BCUT2D eigenvalue weighted by atomic mass is 10.1. The van der Waals surface area contributed by atoms with Gasteiger partial charge in [0.1, 0.15) is 6.04 Å². The predicted molar refractivity (Wildman–Crippen MR) is 63.4 cm³/mol. The van der Waals surface area contributed by atoms with Gasteiger partial charge in [-0.25, -0.2) is 0 Å². The predicted octanol–water partition coefficient (Wildman–Crippen LogP) is 1.96. The Balaban J connectivity index is 2.85. The summed E-state index contributed by atoms with van der Waals surface area (Å²) in [5, 5.41) is 11.1. The summed E-state index contributed by atoms with van der Waals surface area (Å²) in [6, 6.07) is 4.36. The second kappa shape index (κ2) is 5.12. The molecule has 1 aromatic carbocycles. The molecule has 0 aromatic heterocycles. The van der Waals surface area contributed by atoms with Gasteiger partial charge in [0.25, 0.3) is 5.91 Å². The summed E-state index contributed by atoms with van der Waals surface area (Å²) in [5.41, 5.74) is 1.45. The molecule has 16 heavy (non-hydrogen) atoms. The summed E-state index contributed by atoms with van der Waals surface area (Å²) in [5.74, 6) is -1.46. The Bertz CT molecular complexity index is 431. The SMILES string of the molecule is Cc1ccc(C(=O)N[C@@H](C)C(=O)O)c(Br)c1. The third kappa shape index (κ3) is 3.06. The highest BCUT2D eigenvalue weighted by molar-refractivity contribution is 9.10. The van der Waals surface area contributed by atoms with Crippen LogP contribution in [0.3, 0.4) is 0 Å². The van der Waals surface area contributed by atoms with Gasteiger partial charge in [-0.05, 0) is 47.5 Å². The van der Waals surface area contributed by atoms with Gasteiger partial charge in [0.2, 0.25) is 0 Å². The third-order valence-corrected chi connectivity index (χ3v) is 2.74. The Morgan fingerprint density at radius 3 is 2.56 bits per heavy atom. The molecule has 4 nitrogen and oxygen atoms in total. The summed E-state index contributed by atoms with van der Waals surface area (Å²) >= 11 is 3.27. The lowest BCUT2D eigenvalue weighted by molar-refractivity contribution is -0.138. The highest BCUT2D eigenvalue weighted by Gasteiger charge is 2.16. The number of carbonyl (C=O) groups is 2. The van der Waals surface area contributed by atoms with E-state index >= 15 is 0 Å². The first-order valence-corrected chi connectivity index (χ1v) is 5.51. The highest BCUT2D eigenvalue weighted by Crippen LogP contribution is 2.18. The number of carbonyl (C=O) groups excluding carboxylic acids is 1. The first-order chi connectivity index (χ1) is 7.41. The largest absolute Gasteiger partial charge is 0.480 e. The second-order valence-electron chi connectivity index (χ2n) is 3.52. The summed E-state index contributed by atoms with van der Waals surface area (Å²) in [6.07, 6.45) is 0. The minimum atomic E-state index is -1.06. The van der Waals surface area contributed by atoms with E-state index in [-0.39, 0.29) is 0 Å². The first-order valence-electron chi connectivity index (χ1n) is 4.71. The van der Waals surface area contributed by atoms with E-state index < -0.39 is 17.9 Å². The van der Waals surface area contributed by atoms with Crippen LogP contribution in [0.2, 0.25) is 0 Å². The molecule has 86 valence electrons. The van der Waals surface area contributed by atoms with Crippen LogP contribution in [-0.2, 0) is 4.79 Å². The number of nitrogens with one attached hydrogen (secondary N) is 1. The number of aryl methyl sites for hydroxylation is 1. The molecule has 0 saturated heterocycles. The van der Waals surface area contributed by atoms with Gasteiger partial charge in [-0.2, -0.15) is 0 Å². The van der Waals surface area contributed by atoms with E-state index in [1.54, 1.807) is 18.2 Å². The van der Waals surface area contributed by atoms with Crippen molar-refractivity contribution in [2.45, 2.75) is 19.9 Å². The lowest BCUT2D eigenvalue weighted by Gasteiger charge is -2.10. The number of benzene rings is 1. The maximum atomic E-state index is 11.7. The molecule has 0 radical (unpaired) electrons. The van der Waals surface area contributed by atoms with Crippen molar-refractivity contribution < 1.29 is 14.7 Å². The Labute approximate surface area is 102 Å².